The number of carbonyl (C=O) groups excluding carboxylic acids is 2. The molecular weight excluding hydrogens is 340 g/mol. The molecule has 0 spiro atoms. The van der Waals surface area contributed by atoms with Crippen molar-refractivity contribution in [2.24, 2.45) is 11.3 Å². The number of rotatable bonds is 4. The van der Waals surface area contributed by atoms with Crippen molar-refractivity contribution in [1.29, 1.82) is 0 Å². The molecule has 0 radical (unpaired) electrons. The van der Waals surface area contributed by atoms with E-state index in [2.05, 4.69) is 5.32 Å². The van der Waals surface area contributed by atoms with E-state index in [1.165, 1.54) is 19.4 Å². The zero-order valence-corrected chi connectivity index (χ0v) is 14.7. The van der Waals surface area contributed by atoms with E-state index in [0.717, 1.165) is 6.42 Å². The van der Waals surface area contributed by atoms with Crippen LogP contribution in [0.15, 0.2) is 21.5 Å². The van der Waals surface area contributed by atoms with E-state index in [1.54, 1.807) is 4.90 Å². The van der Waals surface area contributed by atoms with Gasteiger partial charge in [-0.15, -0.1) is 0 Å². The zero-order chi connectivity index (χ0) is 18.3. The molecule has 0 bridgehead atoms. The van der Waals surface area contributed by atoms with Crippen LogP contribution in [0.5, 0.6) is 5.75 Å². The van der Waals surface area contributed by atoms with E-state index in [1.807, 2.05) is 0 Å². The molecule has 1 aromatic rings. The van der Waals surface area contributed by atoms with Crippen molar-refractivity contribution in [3.05, 3.63) is 28.3 Å². The molecule has 2 aliphatic heterocycles. The number of fused-ring (bicyclic) bond motifs is 1. The molecule has 0 aromatic carbocycles. The third kappa shape index (κ3) is 2.78. The zero-order valence-electron chi connectivity index (χ0n) is 14.7. The molecule has 1 saturated carbocycles. The minimum absolute atomic E-state index is 0.0486. The number of nitrogens with one attached hydrogen (secondary N) is 1. The van der Waals surface area contributed by atoms with E-state index in [0.29, 0.717) is 45.1 Å². The maximum Gasteiger partial charge on any atom is 0.293 e. The van der Waals surface area contributed by atoms with Gasteiger partial charge in [-0.2, -0.15) is 0 Å². The van der Waals surface area contributed by atoms with Gasteiger partial charge >= 0.3 is 0 Å². The van der Waals surface area contributed by atoms with Gasteiger partial charge in [0.2, 0.25) is 22.8 Å². The molecule has 1 N–H and O–H groups in total. The second-order valence-corrected chi connectivity index (χ2v) is 7.26. The van der Waals surface area contributed by atoms with E-state index in [9.17, 15) is 14.4 Å². The van der Waals surface area contributed by atoms with Crippen LogP contribution in [-0.2, 0) is 9.53 Å². The lowest BCUT2D eigenvalue weighted by Crippen LogP contribution is -2.48. The number of amides is 2. The number of nitrogens with zero attached hydrogens (tertiary/aromatic N) is 1. The number of methoxy groups -OCH3 is 1. The fourth-order valence-electron chi connectivity index (χ4n) is 3.95. The van der Waals surface area contributed by atoms with Crippen molar-refractivity contribution in [1.82, 2.24) is 10.2 Å². The van der Waals surface area contributed by atoms with E-state index >= 15 is 0 Å². The van der Waals surface area contributed by atoms with Gasteiger partial charge in [0.1, 0.15) is 0 Å². The lowest BCUT2D eigenvalue weighted by Gasteiger charge is -2.32. The lowest BCUT2D eigenvalue weighted by molar-refractivity contribution is -0.128. The minimum Gasteiger partial charge on any atom is -0.489 e. The molecule has 8 heteroatoms. The number of ether oxygens (including phenoxy) is 2. The summed E-state index contributed by atoms with van der Waals surface area (Å²) in [6.07, 6.45) is 3.44. The van der Waals surface area contributed by atoms with Gasteiger partial charge in [-0.05, 0) is 19.3 Å². The van der Waals surface area contributed by atoms with Crippen molar-refractivity contribution in [3.8, 4) is 5.75 Å². The van der Waals surface area contributed by atoms with Gasteiger partial charge in [-0.25, -0.2) is 0 Å². The quantitative estimate of drug-likeness (QED) is 0.833. The number of likely N-dealkylation sites (tertiary alicyclic amines) is 1. The summed E-state index contributed by atoms with van der Waals surface area (Å²) >= 11 is 0. The molecule has 4 rings (SSSR count). The highest BCUT2D eigenvalue weighted by Crippen LogP contribution is 2.57. The molecule has 1 aliphatic carbocycles. The monoisotopic (exact) mass is 362 g/mol. The Hall–Kier alpha value is -2.35. The number of hydrogen-bond acceptors (Lipinski definition) is 6. The normalized spacial score (nSPS) is 27.7. The molecule has 1 aromatic heterocycles. The van der Waals surface area contributed by atoms with Crippen LogP contribution in [0.2, 0.25) is 0 Å². The van der Waals surface area contributed by atoms with Gasteiger partial charge in [0, 0.05) is 31.1 Å². The van der Waals surface area contributed by atoms with E-state index < -0.39 is 0 Å². The highest BCUT2D eigenvalue weighted by atomic mass is 16.5. The second-order valence-electron chi connectivity index (χ2n) is 7.26. The Morgan fingerprint density at radius 3 is 2.73 bits per heavy atom. The van der Waals surface area contributed by atoms with Crippen LogP contribution >= 0.6 is 0 Å². The summed E-state index contributed by atoms with van der Waals surface area (Å²) in [5.74, 6) is -0.0641. The Bertz CT molecular complexity index is 782. The Balaban J connectivity index is 1.35. The van der Waals surface area contributed by atoms with Gasteiger partial charge in [0.25, 0.3) is 5.91 Å². The molecule has 3 aliphatic rings. The second kappa shape index (κ2) is 6.42. The van der Waals surface area contributed by atoms with E-state index in [4.69, 9.17) is 13.9 Å². The molecule has 0 unspecified atom stereocenters. The first kappa shape index (κ1) is 17.1. The third-order valence-electron chi connectivity index (χ3n) is 5.71. The molecular formula is C18H22N2O6. The summed E-state index contributed by atoms with van der Waals surface area (Å²) in [7, 11) is 1.34. The molecule has 2 saturated heterocycles. The van der Waals surface area contributed by atoms with Gasteiger partial charge in [0.15, 0.2) is 0 Å². The maximum atomic E-state index is 12.6. The van der Waals surface area contributed by atoms with Crippen molar-refractivity contribution in [3.63, 3.8) is 0 Å². The highest BCUT2D eigenvalue weighted by Gasteiger charge is 2.63. The fraction of sp³-hybridized carbons (Fsp3) is 0.611. The topological polar surface area (TPSA) is 98.1 Å². The number of piperidine rings is 1. The Morgan fingerprint density at radius 1 is 1.35 bits per heavy atom. The Kier molecular flexibility index (Phi) is 4.22. The first-order chi connectivity index (χ1) is 12.5. The van der Waals surface area contributed by atoms with Crippen LogP contribution in [0.4, 0.5) is 0 Å². The highest BCUT2D eigenvalue weighted by molar-refractivity contribution is 5.94. The van der Waals surface area contributed by atoms with Gasteiger partial charge in [0.05, 0.1) is 32.0 Å². The first-order valence-electron chi connectivity index (χ1n) is 8.89. The van der Waals surface area contributed by atoms with Crippen LogP contribution in [0.3, 0.4) is 0 Å². The summed E-state index contributed by atoms with van der Waals surface area (Å²) in [6, 6.07) is 1.27. The van der Waals surface area contributed by atoms with E-state index in [-0.39, 0.29) is 40.2 Å². The van der Waals surface area contributed by atoms with Crippen LogP contribution in [0.1, 0.15) is 29.8 Å². The van der Waals surface area contributed by atoms with Crippen molar-refractivity contribution in [2.75, 3.05) is 33.4 Å². The van der Waals surface area contributed by atoms with Crippen LogP contribution < -0.4 is 15.5 Å². The van der Waals surface area contributed by atoms with Gasteiger partial charge < -0.3 is 24.1 Å². The standard InChI is InChI=1S/C18H22N2O6/c1-24-14-13(21)4-7-26-15(14)16(22)20-5-2-12(3-6-20)19-17(23)18-8-11(18)9-25-10-18/h4,7,11-12H,2-3,5-6,8-10H2,1H3,(H,19,23)/t11-,18-/m0/s1. The van der Waals surface area contributed by atoms with Crippen molar-refractivity contribution >= 4 is 11.8 Å². The molecule has 2 atom stereocenters. The SMILES string of the molecule is COc1c(C(=O)N2CCC(NC(=O)[C@@]34COC[C@@H]3C4)CC2)occc1=O. The van der Waals surface area contributed by atoms with Crippen LogP contribution in [-0.4, -0.2) is 56.2 Å². The summed E-state index contributed by atoms with van der Waals surface area (Å²) in [5.41, 5.74) is -0.686. The summed E-state index contributed by atoms with van der Waals surface area (Å²) in [5, 5.41) is 3.12. The Labute approximate surface area is 150 Å². The third-order valence-corrected chi connectivity index (χ3v) is 5.71. The largest absolute Gasteiger partial charge is 0.489 e. The molecule has 140 valence electrons. The minimum atomic E-state index is -0.388. The van der Waals surface area contributed by atoms with Crippen LogP contribution in [0, 0.1) is 11.3 Å². The average Bonchev–Trinajstić information content (AvgIpc) is 3.22. The lowest BCUT2D eigenvalue weighted by atomic mass is 10.0. The first-order valence-corrected chi connectivity index (χ1v) is 8.89. The molecule has 3 heterocycles. The summed E-state index contributed by atoms with van der Waals surface area (Å²) in [4.78, 5) is 38.5. The molecule has 26 heavy (non-hydrogen) atoms. The molecule has 2 amide bonds. The summed E-state index contributed by atoms with van der Waals surface area (Å²) in [6.45, 7) is 2.18. The number of hydrogen-bond donors (Lipinski definition) is 1. The van der Waals surface area contributed by atoms with Crippen molar-refractivity contribution in [2.45, 2.75) is 25.3 Å². The van der Waals surface area contributed by atoms with Gasteiger partial charge in [-0.1, -0.05) is 0 Å². The predicted molar refractivity (Wildman–Crippen MR) is 90.0 cm³/mol. The van der Waals surface area contributed by atoms with Crippen LogP contribution in [0.25, 0.3) is 0 Å². The van der Waals surface area contributed by atoms with Gasteiger partial charge in [-0.3, -0.25) is 14.4 Å². The fourth-order valence-corrected chi connectivity index (χ4v) is 3.95. The van der Waals surface area contributed by atoms with Crippen molar-refractivity contribution < 1.29 is 23.5 Å². The Morgan fingerprint density at radius 2 is 2.12 bits per heavy atom. The molecule has 3 fully saturated rings. The number of carbonyl (C=O) groups is 2. The maximum absolute atomic E-state index is 12.6. The molecule has 8 nitrogen and oxygen atoms in total. The average molecular weight is 362 g/mol. The summed E-state index contributed by atoms with van der Waals surface area (Å²) < 4.78 is 15.6. The predicted octanol–water partition coefficient (Wildman–Crippen LogP) is 0.406. The smallest absolute Gasteiger partial charge is 0.293 e.